The molecule has 0 saturated heterocycles. The molecule has 5 rings (SSSR count). The van der Waals surface area contributed by atoms with E-state index in [1.165, 1.54) is 0 Å². The van der Waals surface area contributed by atoms with Gasteiger partial charge in [-0.2, -0.15) is 0 Å². The van der Waals surface area contributed by atoms with E-state index in [4.69, 9.17) is 11.6 Å². The van der Waals surface area contributed by atoms with E-state index in [0.29, 0.717) is 10.8 Å². The number of nitrogens with zero attached hydrogens (tertiary/aromatic N) is 4. The minimum Gasteiger partial charge on any atom is -0.373 e. The Morgan fingerprint density at radius 2 is 1.65 bits per heavy atom. The second-order valence-corrected chi connectivity index (χ2v) is 8.15. The predicted molar refractivity (Wildman–Crippen MR) is 139 cm³/mol. The Hall–Kier alpha value is -4.23. The van der Waals surface area contributed by atoms with E-state index in [1.54, 1.807) is 18.7 Å². The fourth-order valence-electron chi connectivity index (χ4n) is 3.80. The fraction of sp³-hybridized carbons (Fsp3) is 0.0769. The van der Waals surface area contributed by atoms with Crippen molar-refractivity contribution in [2.45, 2.75) is 6.92 Å². The van der Waals surface area contributed by atoms with Crippen molar-refractivity contribution in [1.29, 1.82) is 0 Å². The molecule has 0 aliphatic rings. The maximum Gasteiger partial charge on any atom is 0.139 e. The molecule has 3 aromatic heterocycles. The summed E-state index contributed by atoms with van der Waals surface area (Å²) in [5.41, 5.74) is 4.57. The summed E-state index contributed by atoms with van der Waals surface area (Å²) in [5.74, 6) is 2.20. The molecule has 3 heterocycles. The first-order valence-corrected chi connectivity index (χ1v) is 11.1. The minimum absolute atomic E-state index is 0.664. The van der Waals surface area contributed by atoms with Crippen LogP contribution >= 0.6 is 11.6 Å². The van der Waals surface area contributed by atoms with Crippen LogP contribution in [0.4, 0.5) is 28.8 Å². The Kier molecular flexibility index (Phi) is 5.93. The van der Waals surface area contributed by atoms with Gasteiger partial charge in [-0.05, 0) is 48.9 Å². The summed E-state index contributed by atoms with van der Waals surface area (Å²) in [4.78, 5) is 17.9. The second-order valence-electron chi connectivity index (χ2n) is 7.71. The van der Waals surface area contributed by atoms with Gasteiger partial charge in [0.2, 0.25) is 0 Å². The number of benzene rings is 2. The van der Waals surface area contributed by atoms with Gasteiger partial charge in [0.15, 0.2) is 0 Å². The number of rotatable bonds is 6. The molecule has 0 unspecified atom stereocenters. The monoisotopic (exact) mass is 467 g/mol. The quantitative estimate of drug-likeness (QED) is 0.260. The van der Waals surface area contributed by atoms with Crippen LogP contribution in [0.15, 0.2) is 79.4 Å². The molecule has 0 fully saturated rings. The first-order chi connectivity index (χ1) is 16.6. The van der Waals surface area contributed by atoms with Crippen molar-refractivity contribution >= 4 is 51.2 Å². The summed E-state index contributed by atoms with van der Waals surface area (Å²) in [7, 11) is 1.83. The lowest BCUT2D eigenvalue weighted by molar-refractivity contribution is 1.16. The van der Waals surface area contributed by atoms with Gasteiger partial charge in [-0.25, -0.2) is 19.9 Å². The summed E-state index contributed by atoms with van der Waals surface area (Å²) < 4.78 is 0. The number of hydrogen-bond acceptors (Lipinski definition) is 7. The van der Waals surface area contributed by atoms with Crippen LogP contribution < -0.4 is 16.0 Å². The number of fused-ring (bicyclic) bond motifs is 1. The summed E-state index contributed by atoms with van der Waals surface area (Å²) >= 11 is 6.16. The standard InChI is InChI=1S/C26H22ClN7/c1-16-8-9-20-19(10-12-30-25(20)33-18-6-3-5-17(27)13-18)24(16)34-26-21(7-4-11-29-26)22-14-23(28-2)32-15-31-22/h3-15H,1-2H3,(H,29,34)(H,30,33)(H,28,31,32). The number of nitrogens with one attached hydrogen (secondary N) is 3. The van der Waals surface area contributed by atoms with Gasteiger partial charge < -0.3 is 16.0 Å². The molecule has 0 aliphatic carbocycles. The van der Waals surface area contributed by atoms with Crippen LogP contribution in [0.5, 0.6) is 0 Å². The van der Waals surface area contributed by atoms with Crippen LogP contribution in [0.1, 0.15) is 5.56 Å². The summed E-state index contributed by atoms with van der Waals surface area (Å²) in [6.45, 7) is 2.07. The lowest BCUT2D eigenvalue weighted by Crippen LogP contribution is -2.02. The number of halogens is 1. The van der Waals surface area contributed by atoms with Crippen molar-refractivity contribution < 1.29 is 0 Å². The van der Waals surface area contributed by atoms with Crippen molar-refractivity contribution in [2.24, 2.45) is 0 Å². The number of hydrogen-bond donors (Lipinski definition) is 3. The van der Waals surface area contributed by atoms with E-state index in [1.807, 2.05) is 55.6 Å². The van der Waals surface area contributed by atoms with Crippen LogP contribution in [-0.4, -0.2) is 27.0 Å². The number of aromatic nitrogens is 4. The molecule has 0 radical (unpaired) electrons. The summed E-state index contributed by atoms with van der Waals surface area (Å²) in [5, 5.41) is 12.7. The molecule has 0 saturated carbocycles. The van der Waals surface area contributed by atoms with E-state index in [9.17, 15) is 0 Å². The normalized spacial score (nSPS) is 10.8. The molecule has 34 heavy (non-hydrogen) atoms. The van der Waals surface area contributed by atoms with Gasteiger partial charge in [-0.15, -0.1) is 0 Å². The van der Waals surface area contributed by atoms with Gasteiger partial charge in [-0.3, -0.25) is 0 Å². The SMILES string of the molecule is CNc1cc(-c2cccnc2Nc2c(C)ccc3c(Nc4cccc(Cl)c4)nccc23)ncn1. The molecular weight excluding hydrogens is 446 g/mol. The van der Waals surface area contributed by atoms with Gasteiger partial charge in [0.1, 0.15) is 23.8 Å². The third-order valence-corrected chi connectivity index (χ3v) is 5.73. The Bertz CT molecular complexity index is 1490. The number of anilines is 5. The molecule has 8 heteroatoms. The second kappa shape index (κ2) is 9.33. The van der Waals surface area contributed by atoms with E-state index < -0.39 is 0 Å². The molecule has 5 aromatic rings. The van der Waals surface area contributed by atoms with E-state index in [0.717, 1.165) is 50.6 Å². The zero-order chi connectivity index (χ0) is 23.5. The van der Waals surface area contributed by atoms with Crippen molar-refractivity contribution in [3.8, 4) is 11.3 Å². The molecule has 3 N–H and O–H groups in total. The Balaban J connectivity index is 1.57. The van der Waals surface area contributed by atoms with E-state index in [2.05, 4.69) is 54.9 Å². The average Bonchev–Trinajstić information content (AvgIpc) is 2.86. The van der Waals surface area contributed by atoms with Gasteiger partial charge in [-0.1, -0.05) is 29.8 Å². The lowest BCUT2D eigenvalue weighted by atomic mass is 10.0. The highest BCUT2D eigenvalue weighted by molar-refractivity contribution is 6.30. The highest BCUT2D eigenvalue weighted by Crippen LogP contribution is 2.36. The lowest BCUT2D eigenvalue weighted by Gasteiger charge is -2.17. The van der Waals surface area contributed by atoms with Crippen molar-refractivity contribution in [3.63, 3.8) is 0 Å². The first-order valence-electron chi connectivity index (χ1n) is 10.8. The molecule has 0 spiro atoms. The number of pyridine rings is 2. The smallest absolute Gasteiger partial charge is 0.139 e. The van der Waals surface area contributed by atoms with Gasteiger partial charge in [0, 0.05) is 52.6 Å². The molecule has 0 aliphatic heterocycles. The van der Waals surface area contributed by atoms with Crippen molar-refractivity contribution in [3.05, 3.63) is 90.0 Å². The highest BCUT2D eigenvalue weighted by atomic mass is 35.5. The van der Waals surface area contributed by atoms with Crippen molar-refractivity contribution in [2.75, 3.05) is 23.0 Å². The third kappa shape index (κ3) is 4.33. The first kappa shape index (κ1) is 21.6. The Labute approximate surface area is 202 Å². The predicted octanol–water partition coefficient (Wildman–Crippen LogP) is 6.58. The van der Waals surface area contributed by atoms with Crippen LogP contribution in [0.25, 0.3) is 22.0 Å². The van der Waals surface area contributed by atoms with E-state index >= 15 is 0 Å². The summed E-state index contributed by atoms with van der Waals surface area (Å²) in [6, 6.07) is 19.5. The molecule has 2 aromatic carbocycles. The van der Waals surface area contributed by atoms with Gasteiger partial charge in [0.25, 0.3) is 0 Å². The van der Waals surface area contributed by atoms with E-state index in [-0.39, 0.29) is 0 Å². The van der Waals surface area contributed by atoms with Crippen LogP contribution in [0, 0.1) is 6.92 Å². The van der Waals surface area contributed by atoms with Crippen LogP contribution in [0.3, 0.4) is 0 Å². The number of aryl methyl sites for hydroxylation is 1. The van der Waals surface area contributed by atoms with Gasteiger partial charge >= 0.3 is 0 Å². The zero-order valence-corrected chi connectivity index (χ0v) is 19.4. The average molecular weight is 468 g/mol. The Morgan fingerprint density at radius 3 is 2.50 bits per heavy atom. The molecule has 0 bridgehead atoms. The highest BCUT2D eigenvalue weighted by Gasteiger charge is 2.14. The topological polar surface area (TPSA) is 87.7 Å². The minimum atomic E-state index is 0.664. The third-order valence-electron chi connectivity index (χ3n) is 5.49. The molecule has 7 nitrogen and oxygen atoms in total. The van der Waals surface area contributed by atoms with Gasteiger partial charge in [0.05, 0.1) is 11.4 Å². The largest absolute Gasteiger partial charge is 0.373 e. The molecule has 0 atom stereocenters. The Morgan fingerprint density at radius 1 is 0.765 bits per heavy atom. The maximum absolute atomic E-state index is 6.16. The fourth-order valence-corrected chi connectivity index (χ4v) is 3.99. The maximum atomic E-state index is 6.16. The van der Waals surface area contributed by atoms with Crippen molar-refractivity contribution in [1.82, 2.24) is 19.9 Å². The molecule has 168 valence electrons. The molecule has 0 amide bonds. The summed E-state index contributed by atoms with van der Waals surface area (Å²) in [6.07, 6.45) is 5.10. The van der Waals surface area contributed by atoms with Crippen LogP contribution in [0.2, 0.25) is 5.02 Å². The zero-order valence-electron chi connectivity index (χ0n) is 18.7. The molecular formula is C26H22ClN7. The van der Waals surface area contributed by atoms with Crippen LogP contribution in [-0.2, 0) is 0 Å².